The van der Waals surface area contributed by atoms with Crippen molar-refractivity contribution >= 4 is 18.0 Å². The van der Waals surface area contributed by atoms with Crippen molar-refractivity contribution in [2.24, 2.45) is 0 Å². The molecule has 1 atom stereocenters. The fraction of sp³-hybridized carbons (Fsp3) is 0.333. The largest absolute Gasteiger partial charge is 0.483 e. The number of aryl methyl sites for hydroxylation is 1. The zero-order valence-corrected chi connectivity index (χ0v) is 17.5. The molecule has 1 aromatic carbocycles. The first-order valence-electron chi connectivity index (χ1n) is 9.65. The lowest BCUT2D eigenvalue weighted by molar-refractivity contribution is -0.133. The predicted molar refractivity (Wildman–Crippen MR) is 111 cm³/mol. The first kappa shape index (κ1) is 20.6. The van der Waals surface area contributed by atoms with Gasteiger partial charge in [-0.15, -0.1) is 0 Å². The SMILES string of the molecule is CC(=O)Oc1cc2c(cc1C)O[C@](C)(CC/C=C(C)/C=C1/C=C(C)C(=O)O1)C=C2. The van der Waals surface area contributed by atoms with Gasteiger partial charge in [-0.25, -0.2) is 4.79 Å². The summed E-state index contributed by atoms with van der Waals surface area (Å²) < 4.78 is 16.7. The minimum Gasteiger partial charge on any atom is -0.483 e. The molecule has 0 bridgehead atoms. The highest BCUT2D eigenvalue weighted by molar-refractivity contribution is 5.92. The number of fused-ring (bicyclic) bond motifs is 1. The van der Waals surface area contributed by atoms with E-state index < -0.39 is 5.60 Å². The summed E-state index contributed by atoms with van der Waals surface area (Å²) in [5.41, 5.74) is 2.97. The molecule has 0 fully saturated rings. The van der Waals surface area contributed by atoms with Gasteiger partial charge >= 0.3 is 11.9 Å². The zero-order chi connectivity index (χ0) is 21.2. The number of rotatable bonds is 5. The lowest BCUT2D eigenvalue weighted by atomic mass is 9.94. The van der Waals surface area contributed by atoms with Crippen LogP contribution in [-0.4, -0.2) is 17.5 Å². The molecule has 5 heteroatoms. The molecule has 2 heterocycles. The van der Waals surface area contributed by atoms with Crippen LogP contribution in [0.4, 0.5) is 0 Å². The maximum absolute atomic E-state index is 11.4. The van der Waals surface area contributed by atoms with Crippen molar-refractivity contribution in [1.29, 1.82) is 0 Å². The van der Waals surface area contributed by atoms with Gasteiger partial charge in [-0.3, -0.25) is 4.79 Å². The van der Waals surface area contributed by atoms with E-state index in [9.17, 15) is 9.59 Å². The Hall–Kier alpha value is -3.08. The average molecular weight is 394 g/mol. The van der Waals surface area contributed by atoms with E-state index in [0.29, 0.717) is 17.1 Å². The van der Waals surface area contributed by atoms with Gasteiger partial charge in [0.1, 0.15) is 22.9 Å². The van der Waals surface area contributed by atoms with Gasteiger partial charge in [0.25, 0.3) is 0 Å². The van der Waals surface area contributed by atoms with Gasteiger partial charge < -0.3 is 14.2 Å². The highest BCUT2D eigenvalue weighted by atomic mass is 16.5. The number of carbonyl (C=O) groups is 2. The summed E-state index contributed by atoms with van der Waals surface area (Å²) in [7, 11) is 0. The third kappa shape index (κ3) is 5.05. The summed E-state index contributed by atoms with van der Waals surface area (Å²) in [5.74, 6) is 1.28. The molecule has 1 aromatic rings. The number of hydrogen-bond acceptors (Lipinski definition) is 5. The van der Waals surface area contributed by atoms with Crippen molar-refractivity contribution in [1.82, 2.24) is 0 Å². The van der Waals surface area contributed by atoms with E-state index in [1.165, 1.54) is 6.92 Å². The summed E-state index contributed by atoms with van der Waals surface area (Å²) in [4.78, 5) is 22.7. The second-order valence-electron chi connectivity index (χ2n) is 7.75. The van der Waals surface area contributed by atoms with Crippen molar-refractivity contribution in [2.75, 3.05) is 0 Å². The molecule has 3 rings (SSSR count). The lowest BCUT2D eigenvalue weighted by Crippen LogP contribution is -2.31. The molecule has 2 aliphatic heterocycles. The van der Waals surface area contributed by atoms with E-state index in [1.54, 1.807) is 13.0 Å². The standard InChI is InChI=1S/C24H26O5/c1-15(11-20-12-17(3)23(26)28-20)7-6-9-24(5)10-8-19-14-21(27-18(4)25)16(2)13-22(19)29-24/h7-8,10-14H,6,9H2,1-5H3/b15-7+,20-11-/t24-/m1/s1. The van der Waals surface area contributed by atoms with Gasteiger partial charge in [-0.2, -0.15) is 0 Å². The number of ether oxygens (including phenoxy) is 3. The summed E-state index contributed by atoms with van der Waals surface area (Å²) in [6.45, 7) is 9.06. The van der Waals surface area contributed by atoms with E-state index in [4.69, 9.17) is 14.2 Å². The molecule has 0 saturated heterocycles. The Morgan fingerprint density at radius 1 is 1.24 bits per heavy atom. The van der Waals surface area contributed by atoms with E-state index in [-0.39, 0.29) is 11.9 Å². The van der Waals surface area contributed by atoms with Crippen LogP contribution in [0.2, 0.25) is 0 Å². The molecule has 0 aromatic heterocycles. The Labute approximate surface area is 171 Å². The van der Waals surface area contributed by atoms with E-state index in [2.05, 4.69) is 6.08 Å². The van der Waals surface area contributed by atoms with Crippen molar-refractivity contribution in [3.8, 4) is 11.5 Å². The number of cyclic esters (lactones) is 1. The van der Waals surface area contributed by atoms with Gasteiger partial charge in [-0.05, 0) is 76.5 Å². The molecule has 0 amide bonds. The van der Waals surface area contributed by atoms with Gasteiger partial charge in [0.2, 0.25) is 0 Å². The van der Waals surface area contributed by atoms with Crippen molar-refractivity contribution in [3.05, 3.63) is 64.5 Å². The third-order valence-corrected chi connectivity index (χ3v) is 4.89. The molecule has 152 valence electrons. The highest BCUT2D eigenvalue weighted by Crippen LogP contribution is 2.37. The second kappa shape index (κ2) is 8.11. The average Bonchev–Trinajstić information content (AvgIpc) is 2.92. The van der Waals surface area contributed by atoms with Crippen LogP contribution in [0.15, 0.2) is 53.3 Å². The Kier molecular flexibility index (Phi) is 5.78. The van der Waals surface area contributed by atoms with Crippen LogP contribution in [0.25, 0.3) is 6.08 Å². The molecule has 5 nitrogen and oxygen atoms in total. The topological polar surface area (TPSA) is 61.8 Å². The summed E-state index contributed by atoms with van der Waals surface area (Å²) >= 11 is 0. The van der Waals surface area contributed by atoms with Crippen molar-refractivity contribution in [2.45, 2.75) is 53.1 Å². The van der Waals surface area contributed by atoms with Crippen molar-refractivity contribution < 1.29 is 23.8 Å². The second-order valence-corrected chi connectivity index (χ2v) is 7.75. The van der Waals surface area contributed by atoms with E-state index in [0.717, 1.165) is 35.3 Å². The van der Waals surface area contributed by atoms with Crippen molar-refractivity contribution in [3.63, 3.8) is 0 Å². The van der Waals surface area contributed by atoms with Crippen LogP contribution < -0.4 is 9.47 Å². The molecule has 0 aliphatic carbocycles. The quantitative estimate of drug-likeness (QED) is 0.507. The van der Waals surface area contributed by atoms with Gasteiger partial charge in [-0.1, -0.05) is 17.7 Å². The third-order valence-electron chi connectivity index (χ3n) is 4.89. The zero-order valence-electron chi connectivity index (χ0n) is 17.5. The van der Waals surface area contributed by atoms with Crippen LogP contribution in [0, 0.1) is 6.92 Å². The monoisotopic (exact) mass is 394 g/mol. The van der Waals surface area contributed by atoms with E-state index in [1.807, 2.05) is 51.1 Å². The Balaban J connectivity index is 1.65. The molecule has 29 heavy (non-hydrogen) atoms. The fourth-order valence-electron chi connectivity index (χ4n) is 3.28. The molecule has 0 unspecified atom stereocenters. The van der Waals surface area contributed by atoms with Crippen LogP contribution in [0.5, 0.6) is 11.5 Å². The highest BCUT2D eigenvalue weighted by Gasteiger charge is 2.27. The minimum atomic E-state index is -0.428. The smallest absolute Gasteiger partial charge is 0.339 e. The minimum absolute atomic E-state index is 0.289. The lowest BCUT2D eigenvalue weighted by Gasteiger charge is -2.32. The normalized spacial score (nSPS) is 22.1. The Morgan fingerprint density at radius 2 is 2.00 bits per heavy atom. The summed E-state index contributed by atoms with van der Waals surface area (Å²) in [6, 6.07) is 3.74. The molecule has 0 spiro atoms. The fourth-order valence-corrected chi connectivity index (χ4v) is 3.28. The van der Waals surface area contributed by atoms with Gasteiger partial charge in [0.15, 0.2) is 0 Å². The Morgan fingerprint density at radius 3 is 2.66 bits per heavy atom. The molecular formula is C24H26O5. The maximum atomic E-state index is 11.4. The number of benzene rings is 1. The first-order valence-corrected chi connectivity index (χ1v) is 9.65. The maximum Gasteiger partial charge on any atom is 0.339 e. The summed E-state index contributed by atoms with van der Waals surface area (Å²) in [5, 5.41) is 0. The number of hydrogen-bond donors (Lipinski definition) is 0. The van der Waals surface area contributed by atoms with Crippen LogP contribution in [0.3, 0.4) is 0 Å². The number of carbonyl (C=O) groups excluding carboxylic acids is 2. The molecule has 0 radical (unpaired) electrons. The number of allylic oxidation sites excluding steroid dienone is 4. The molecule has 2 aliphatic rings. The van der Waals surface area contributed by atoms with Gasteiger partial charge in [0, 0.05) is 18.1 Å². The summed E-state index contributed by atoms with van der Waals surface area (Å²) in [6.07, 6.45) is 11.4. The molecule has 0 saturated carbocycles. The predicted octanol–water partition coefficient (Wildman–Crippen LogP) is 5.20. The molecule has 0 N–H and O–H groups in total. The van der Waals surface area contributed by atoms with E-state index >= 15 is 0 Å². The van der Waals surface area contributed by atoms with Crippen LogP contribution >= 0.6 is 0 Å². The first-order chi connectivity index (χ1) is 13.6. The van der Waals surface area contributed by atoms with Crippen LogP contribution in [0.1, 0.15) is 51.7 Å². The van der Waals surface area contributed by atoms with Gasteiger partial charge in [0.05, 0.1) is 0 Å². The Bertz CT molecular complexity index is 977. The van der Waals surface area contributed by atoms with Crippen LogP contribution in [-0.2, 0) is 14.3 Å². The number of esters is 2. The molecular weight excluding hydrogens is 368 g/mol.